The molecule has 0 aromatic carbocycles. The lowest BCUT2D eigenvalue weighted by Crippen LogP contribution is -2.46. The van der Waals surface area contributed by atoms with Crippen LogP contribution in [0, 0.1) is 23.7 Å². The molecule has 5 rings (SSSR count). The standard InChI is InChI=1S/C36H52N8O6S2/c1-11-17(7)25-33-43-27(19(9)49-33)31(47)39-24(16(5)6)36-38-22(14-52-36)30(46)42-26(18(8)12-2)34-44-28(20(10)50-34)32(48)40-23(15(3)4)35-37-21(13-51-35)29(45)41-25/h13-20,23-28H,11-12H2,1-10H3,(H,39,47)(H,40,48)(H,41,45)(H,42,46)/t17-,18-,19+,20+,23+,24+,25-,26-,27-,28-/m0/s1. The molecule has 14 nitrogen and oxygen atoms in total. The Morgan fingerprint density at radius 3 is 1.31 bits per heavy atom. The SMILES string of the molecule is CC[C@H](C)[C@@H]1NC(=O)c2csc(n2)[C@@H](C(C)C)NC(=O)[C@H]2N=C(O[C@@H]2C)[C@H]([C@@H](C)CC)NC(=O)c2csc(n2)[C@@H](C(C)C)NC(=O)[C@H]2N=C1O[C@@H]2C. The van der Waals surface area contributed by atoms with Crippen molar-refractivity contribution in [1.29, 1.82) is 0 Å². The molecule has 52 heavy (non-hydrogen) atoms. The number of ether oxygens (including phenoxy) is 2. The fourth-order valence-corrected chi connectivity index (χ4v) is 8.32. The first-order chi connectivity index (χ1) is 24.6. The fraction of sp³-hybridized carbons (Fsp3) is 0.667. The third kappa shape index (κ3) is 8.32. The lowest BCUT2D eigenvalue weighted by molar-refractivity contribution is -0.125. The Labute approximate surface area is 313 Å². The van der Waals surface area contributed by atoms with Crippen molar-refractivity contribution < 1.29 is 28.7 Å². The summed E-state index contributed by atoms with van der Waals surface area (Å²) < 4.78 is 12.3. The van der Waals surface area contributed by atoms with Crippen LogP contribution in [-0.4, -0.2) is 81.8 Å². The molecule has 16 heteroatoms. The second-order valence-electron chi connectivity index (χ2n) is 14.7. The van der Waals surface area contributed by atoms with Gasteiger partial charge in [0.05, 0.1) is 12.1 Å². The average molecular weight is 757 g/mol. The molecule has 3 aliphatic heterocycles. The summed E-state index contributed by atoms with van der Waals surface area (Å²) in [5, 5.41) is 16.8. The van der Waals surface area contributed by atoms with Crippen molar-refractivity contribution in [2.24, 2.45) is 33.7 Å². The van der Waals surface area contributed by atoms with Gasteiger partial charge in [0.15, 0.2) is 12.1 Å². The summed E-state index contributed by atoms with van der Waals surface area (Å²) in [6.45, 7) is 19.4. The van der Waals surface area contributed by atoms with E-state index in [9.17, 15) is 19.2 Å². The van der Waals surface area contributed by atoms with Crippen LogP contribution < -0.4 is 21.3 Å². The molecule has 0 saturated heterocycles. The van der Waals surface area contributed by atoms with E-state index in [4.69, 9.17) is 19.5 Å². The number of carbonyl (C=O) groups excluding carboxylic acids is 4. The highest BCUT2D eigenvalue weighted by Gasteiger charge is 2.42. The van der Waals surface area contributed by atoms with Gasteiger partial charge in [-0.3, -0.25) is 19.2 Å². The molecule has 4 N–H and O–H groups in total. The molecule has 0 radical (unpaired) electrons. The number of aliphatic imine (C=N–C) groups is 2. The molecule has 0 aliphatic carbocycles. The van der Waals surface area contributed by atoms with E-state index in [0.29, 0.717) is 22.9 Å². The first kappa shape index (κ1) is 39.3. The minimum Gasteiger partial charge on any atom is -0.474 e. The van der Waals surface area contributed by atoms with Crippen molar-refractivity contribution >= 4 is 58.1 Å². The van der Waals surface area contributed by atoms with Gasteiger partial charge in [0.1, 0.15) is 45.7 Å². The Kier molecular flexibility index (Phi) is 12.4. The Hall–Kier alpha value is -3.92. The number of thiazole rings is 2. The van der Waals surface area contributed by atoms with E-state index in [1.807, 2.05) is 55.4 Å². The topological polar surface area (TPSA) is 185 Å². The monoisotopic (exact) mass is 756 g/mol. The third-order valence-electron chi connectivity index (χ3n) is 10.1. The lowest BCUT2D eigenvalue weighted by atomic mass is 9.98. The van der Waals surface area contributed by atoms with Crippen molar-refractivity contribution in [3.63, 3.8) is 0 Å². The summed E-state index contributed by atoms with van der Waals surface area (Å²) in [5.41, 5.74) is 0.410. The van der Waals surface area contributed by atoms with Gasteiger partial charge in [0.25, 0.3) is 11.8 Å². The Balaban J connectivity index is 1.55. The van der Waals surface area contributed by atoms with E-state index >= 15 is 0 Å². The van der Waals surface area contributed by atoms with Crippen molar-refractivity contribution in [3.05, 3.63) is 32.2 Å². The van der Waals surface area contributed by atoms with Gasteiger partial charge in [-0.1, -0.05) is 68.2 Å². The zero-order chi connectivity index (χ0) is 38.0. The predicted octanol–water partition coefficient (Wildman–Crippen LogP) is 4.60. The van der Waals surface area contributed by atoms with Crippen molar-refractivity contribution in [1.82, 2.24) is 31.2 Å². The summed E-state index contributed by atoms with van der Waals surface area (Å²) in [4.78, 5) is 73.7. The second-order valence-corrected chi connectivity index (χ2v) is 16.5. The molecule has 10 atom stereocenters. The number of nitrogens with one attached hydrogen (secondary N) is 4. The molecule has 0 saturated carbocycles. The normalized spacial score (nSPS) is 29.8. The highest BCUT2D eigenvalue weighted by Crippen LogP contribution is 2.30. The first-order valence-electron chi connectivity index (χ1n) is 18.2. The molecule has 8 bridgehead atoms. The number of rotatable bonds is 6. The van der Waals surface area contributed by atoms with Gasteiger partial charge >= 0.3 is 0 Å². The second kappa shape index (κ2) is 16.4. The summed E-state index contributed by atoms with van der Waals surface area (Å²) >= 11 is 2.57. The Morgan fingerprint density at radius 2 is 0.981 bits per heavy atom. The van der Waals surface area contributed by atoms with Crippen LogP contribution >= 0.6 is 22.7 Å². The summed E-state index contributed by atoms with van der Waals surface area (Å²) in [6.07, 6.45) is 0.257. The number of hydrogen-bond acceptors (Lipinski definition) is 12. The predicted molar refractivity (Wildman–Crippen MR) is 201 cm³/mol. The van der Waals surface area contributed by atoms with Gasteiger partial charge in [-0.15, -0.1) is 22.7 Å². The van der Waals surface area contributed by atoms with E-state index in [1.54, 1.807) is 24.6 Å². The van der Waals surface area contributed by atoms with Crippen molar-refractivity contribution in [3.8, 4) is 0 Å². The van der Waals surface area contributed by atoms with E-state index < -0.39 is 60.3 Å². The van der Waals surface area contributed by atoms with Gasteiger partial charge in [0.2, 0.25) is 23.6 Å². The van der Waals surface area contributed by atoms with E-state index in [0.717, 1.165) is 0 Å². The molecule has 5 heterocycles. The summed E-state index contributed by atoms with van der Waals surface area (Å²) in [6, 6.07) is -3.92. The van der Waals surface area contributed by atoms with E-state index in [2.05, 4.69) is 31.2 Å². The number of amides is 4. The highest BCUT2D eigenvalue weighted by molar-refractivity contribution is 7.10. The smallest absolute Gasteiger partial charge is 0.271 e. The van der Waals surface area contributed by atoms with Crippen LogP contribution in [0.15, 0.2) is 20.7 Å². The molecule has 0 fully saturated rings. The van der Waals surface area contributed by atoms with Crippen molar-refractivity contribution in [2.45, 2.75) is 131 Å². The fourth-order valence-electron chi connectivity index (χ4n) is 6.28. The van der Waals surface area contributed by atoms with Gasteiger partial charge < -0.3 is 30.7 Å². The van der Waals surface area contributed by atoms with E-state index in [-0.39, 0.29) is 58.7 Å². The number of carbonyl (C=O) groups is 4. The van der Waals surface area contributed by atoms with Gasteiger partial charge in [-0.25, -0.2) is 20.0 Å². The number of fused-ring (bicyclic) bond motifs is 6. The molecular formula is C36H52N8O6S2. The maximum absolute atomic E-state index is 13.8. The Bertz CT molecular complexity index is 1580. The zero-order valence-electron chi connectivity index (χ0n) is 31.6. The van der Waals surface area contributed by atoms with Gasteiger partial charge in [-0.05, 0) is 37.5 Å². The average Bonchev–Trinajstić information content (AvgIpc) is 3.92. The molecular weight excluding hydrogens is 705 g/mol. The van der Waals surface area contributed by atoms with Crippen LogP contribution in [0.2, 0.25) is 0 Å². The number of aromatic nitrogens is 2. The van der Waals surface area contributed by atoms with Gasteiger partial charge in [0, 0.05) is 10.8 Å². The molecule has 2 aromatic rings. The molecule has 0 unspecified atom stereocenters. The minimum atomic E-state index is -0.857. The third-order valence-corrected chi connectivity index (χ3v) is 11.9. The van der Waals surface area contributed by atoms with Gasteiger partial charge in [-0.2, -0.15) is 0 Å². The molecule has 284 valence electrons. The molecule has 0 spiro atoms. The number of nitrogens with zero attached hydrogens (tertiary/aromatic N) is 4. The van der Waals surface area contributed by atoms with Crippen LogP contribution in [0.1, 0.15) is 125 Å². The van der Waals surface area contributed by atoms with Crippen LogP contribution in [0.4, 0.5) is 0 Å². The van der Waals surface area contributed by atoms with Crippen LogP contribution in [-0.2, 0) is 19.1 Å². The molecule has 2 aromatic heterocycles. The maximum Gasteiger partial charge on any atom is 0.271 e. The van der Waals surface area contributed by atoms with Crippen LogP contribution in [0.5, 0.6) is 0 Å². The quantitative estimate of drug-likeness (QED) is 0.330. The maximum atomic E-state index is 13.8. The van der Waals surface area contributed by atoms with Crippen LogP contribution in [0.3, 0.4) is 0 Å². The minimum absolute atomic E-state index is 0.0604. The Morgan fingerprint density at radius 1 is 0.615 bits per heavy atom. The van der Waals surface area contributed by atoms with E-state index in [1.165, 1.54) is 22.7 Å². The van der Waals surface area contributed by atoms with Crippen LogP contribution in [0.25, 0.3) is 0 Å². The first-order valence-corrected chi connectivity index (χ1v) is 20.0. The summed E-state index contributed by atoms with van der Waals surface area (Å²) in [5.74, 6) is -1.19. The lowest BCUT2D eigenvalue weighted by Gasteiger charge is -2.24. The number of hydrogen-bond donors (Lipinski definition) is 4. The highest BCUT2D eigenvalue weighted by atomic mass is 32.1. The summed E-state index contributed by atoms with van der Waals surface area (Å²) in [7, 11) is 0. The van der Waals surface area contributed by atoms with Crippen molar-refractivity contribution in [2.75, 3.05) is 0 Å². The molecule has 4 amide bonds. The molecule has 3 aliphatic rings. The zero-order valence-corrected chi connectivity index (χ0v) is 33.2. The largest absolute Gasteiger partial charge is 0.474 e.